The Morgan fingerprint density at radius 3 is 2.60 bits per heavy atom. The molecule has 2 fully saturated rings. The molecule has 1 unspecified atom stereocenters. The van der Waals surface area contributed by atoms with Crippen LogP contribution in [-0.2, 0) is 16.0 Å². The molecule has 1 saturated heterocycles. The molecule has 7 heteroatoms. The Hall–Kier alpha value is -2.83. The zero-order valence-corrected chi connectivity index (χ0v) is 17.3. The maximum Gasteiger partial charge on any atom is 0.324 e. The summed E-state index contributed by atoms with van der Waals surface area (Å²) >= 11 is 0. The minimum absolute atomic E-state index is 0.00462. The predicted molar refractivity (Wildman–Crippen MR) is 115 cm³/mol. The van der Waals surface area contributed by atoms with E-state index in [0.29, 0.717) is 13.0 Å². The predicted octanol–water partition coefficient (Wildman–Crippen LogP) is 3.25. The average molecular weight is 411 g/mol. The second-order valence-corrected chi connectivity index (χ2v) is 8.42. The van der Waals surface area contributed by atoms with E-state index >= 15 is 0 Å². The molecule has 0 radical (unpaired) electrons. The number of aromatic nitrogens is 1. The van der Waals surface area contributed by atoms with Crippen LogP contribution in [0.3, 0.4) is 0 Å². The molecule has 2 heterocycles. The molecular formula is C23H30N4O3. The van der Waals surface area contributed by atoms with Crippen LogP contribution in [0, 0.1) is 0 Å². The lowest BCUT2D eigenvalue weighted by molar-refractivity contribution is -0.131. The zero-order chi connectivity index (χ0) is 20.9. The van der Waals surface area contributed by atoms with Gasteiger partial charge in [-0.15, -0.1) is 0 Å². The number of urea groups is 1. The van der Waals surface area contributed by atoms with Crippen molar-refractivity contribution in [2.45, 2.75) is 69.9 Å². The van der Waals surface area contributed by atoms with Gasteiger partial charge in [0.15, 0.2) is 0 Å². The molecule has 1 saturated carbocycles. The summed E-state index contributed by atoms with van der Waals surface area (Å²) in [6.45, 7) is 0.299. The van der Waals surface area contributed by atoms with Gasteiger partial charge in [-0.3, -0.25) is 14.5 Å². The highest BCUT2D eigenvalue weighted by Gasteiger charge is 2.39. The van der Waals surface area contributed by atoms with E-state index < -0.39 is 12.1 Å². The number of carbonyl (C=O) groups excluding carboxylic acids is 3. The number of nitrogens with zero attached hydrogens (tertiary/aromatic N) is 1. The lowest BCUT2D eigenvalue weighted by Gasteiger charge is -2.21. The first kappa shape index (κ1) is 20.4. The van der Waals surface area contributed by atoms with E-state index in [1.807, 2.05) is 30.5 Å². The second-order valence-electron chi connectivity index (χ2n) is 8.42. The third-order valence-corrected chi connectivity index (χ3v) is 6.25. The van der Waals surface area contributed by atoms with E-state index in [0.717, 1.165) is 42.1 Å². The first-order valence-electron chi connectivity index (χ1n) is 11.1. The van der Waals surface area contributed by atoms with Crippen molar-refractivity contribution in [3.05, 3.63) is 36.0 Å². The molecule has 2 aliphatic rings. The maximum absolute atomic E-state index is 12.7. The molecule has 4 rings (SSSR count). The van der Waals surface area contributed by atoms with Gasteiger partial charge in [0.1, 0.15) is 6.04 Å². The van der Waals surface area contributed by atoms with Gasteiger partial charge in [-0.1, -0.05) is 50.3 Å². The van der Waals surface area contributed by atoms with Crippen LogP contribution in [0.15, 0.2) is 30.5 Å². The van der Waals surface area contributed by atoms with Gasteiger partial charge in [-0.25, -0.2) is 4.79 Å². The number of aromatic amines is 1. The van der Waals surface area contributed by atoms with Gasteiger partial charge in [0.05, 0.1) is 6.42 Å². The number of hydrogen-bond donors (Lipinski definition) is 3. The van der Waals surface area contributed by atoms with Crippen LogP contribution in [0.4, 0.5) is 4.79 Å². The monoisotopic (exact) mass is 410 g/mol. The zero-order valence-electron chi connectivity index (χ0n) is 17.3. The minimum atomic E-state index is -0.769. The molecular weight excluding hydrogens is 380 g/mol. The Bertz CT molecular complexity index is 914. The SMILES string of the molecule is O=C(CC1NC(=O)N(CCc2c[nH]c3ccccc23)C1=O)NC1CCCCCCC1. The molecule has 1 aliphatic heterocycles. The molecule has 0 bridgehead atoms. The number of para-hydroxylation sites is 1. The van der Waals surface area contributed by atoms with E-state index in [9.17, 15) is 14.4 Å². The average Bonchev–Trinajstić information content (AvgIpc) is 3.23. The van der Waals surface area contributed by atoms with Crippen molar-refractivity contribution in [2.75, 3.05) is 6.54 Å². The van der Waals surface area contributed by atoms with Crippen LogP contribution in [0.25, 0.3) is 10.9 Å². The third kappa shape index (κ3) is 4.66. The third-order valence-electron chi connectivity index (χ3n) is 6.25. The summed E-state index contributed by atoms with van der Waals surface area (Å²) in [5.41, 5.74) is 2.10. The van der Waals surface area contributed by atoms with E-state index in [1.54, 1.807) is 0 Å². The minimum Gasteiger partial charge on any atom is -0.361 e. The Balaban J connectivity index is 1.30. The normalized spacial score (nSPS) is 20.8. The molecule has 30 heavy (non-hydrogen) atoms. The van der Waals surface area contributed by atoms with E-state index in [1.165, 1.54) is 24.2 Å². The van der Waals surface area contributed by atoms with Crippen LogP contribution < -0.4 is 10.6 Å². The highest BCUT2D eigenvalue weighted by Crippen LogP contribution is 2.20. The van der Waals surface area contributed by atoms with Crippen LogP contribution in [-0.4, -0.2) is 46.4 Å². The number of benzene rings is 1. The molecule has 0 spiro atoms. The van der Waals surface area contributed by atoms with Crippen LogP contribution in [0.5, 0.6) is 0 Å². The van der Waals surface area contributed by atoms with Gasteiger partial charge in [-0.2, -0.15) is 0 Å². The summed E-state index contributed by atoms with van der Waals surface area (Å²) in [7, 11) is 0. The fourth-order valence-electron chi connectivity index (χ4n) is 4.57. The number of rotatable bonds is 6. The molecule has 1 aromatic carbocycles. The fourth-order valence-corrected chi connectivity index (χ4v) is 4.57. The largest absolute Gasteiger partial charge is 0.361 e. The summed E-state index contributed by atoms with van der Waals surface area (Å²) in [6, 6.07) is 6.96. The van der Waals surface area contributed by atoms with Gasteiger partial charge in [0.25, 0.3) is 5.91 Å². The van der Waals surface area contributed by atoms with Crippen LogP contribution >= 0.6 is 0 Å². The first-order chi connectivity index (χ1) is 14.6. The Morgan fingerprint density at radius 1 is 1.07 bits per heavy atom. The Kier molecular flexibility index (Phi) is 6.35. The maximum atomic E-state index is 12.7. The van der Waals surface area contributed by atoms with E-state index in [-0.39, 0.29) is 24.3 Å². The summed E-state index contributed by atoms with van der Waals surface area (Å²) in [4.78, 5) is 42.0. The van der Waals surface area contributed by atoms with Crippen molar-refractivity contribution in [3.8, 4) is 0 Å². The van der Waals surface area contributed by atoms with Crippen molar-refractivity contribution in [1.82, 2.24) is 20.5 Å². The smallest absolute Gasteiger partial charge is 0.324 e. The number of hydrogen-bond acceptors (Lipinski definition) is 3. The molecule has 1 aromatic heterocycles. The van der Waals surface area contributed by atoms with Crippen molar-refractivity contribution in [3.63, 3.8) is 0 Å². The van der Waals surface area contributed by atoms with E-state index in [2.05, 4.69) is 15.6 Å². The summed E-state index contributed by atoms with van der Waals surface area (Å²) in [6.07, 6.45) is 10.5. The lowest BCUT2D eigenvalue weighted by Crippen LogP contribution is -2.41. The number of fused-ring (bicyclic) bond motifs is 1. The topological polar surface area (TPSA) is 94.3 Å². The standard InChI is InChI=1S/C23H30N4O3/c28-21(25-17-8-4-2-1-3-5-9-17)14-20-22(29)27(23(30)26-20)13-12-16-15-24-19-11-7-6-10-18(16)19/h6-7,10-11,15,17,20,24H,1-5,8-9,12-14H2,(H,25,28)(H,26,30). The molecule has 1 atom stereocenters. The summed E-state index contributed by atoms with van der Waals surface area (Å²) < 4.78 is 0. The lowest BCUT2D eigenvalue weighted by atomic mass is 9.96. The van der Waals surface area contributed by atoms with Crippen molar-refractivity contribution < 1.29 is 14.4 Å². The van der Waals surface area contributed by atoms with Crippen LogP contribution in [0.2, 0.25) is 0 Å². The number of nitrogens with one attached hydrogen (secondary N) is 3. The summed E-state index contributed by atoms with van der Waals surface area (Å²) in [5.74, 6) is -0.467. The highest BCUT2D eigenvalue weighted by atomic mass is 16.2. The number of imide groups is 1. The van der Waals surface area contributed by atoms with Gasteiger partial charge < -0.3 is 15.6 Å². The molecule has 160 valence electrons. The van der Waals surface area contributed by atoms with Crippen molar-refractivity contribution >= 4 is 28.7 Å². The quantitative estimate of drug-likeness (QED) is 0.638. The molecule has 2 aromatic rings. The van der Waals surface area contributed by atoms with Gasteiger partial charge >= 0.3 is 6.03 Å². The molecule has 4 amide bonds. The second kappa shape index (κ2) is 9.32. The van der Waals surface area contributed by atoms with Gasteiger partial charge in [-0.05, 0) is 30.9 Å². The molecule has 3 N–H and O–H groups in total. The highest BCUT2D eigenvalue weighted by molar-refractivity contribution is 6.05. The van der Waals surface area contributed by atoms with Crippen LogP contribution in [0.1, 0.15) is 56.9 Å². The van der Waals surface area contributed by atoms with Crippen molar-refractivity contribution in [2.24, 2.45) is 0 Å². The first-order valence-corrected chi connectivity index (χ1v) is 11.1. The number of amides is 4. The fraction of sp³-hybridized carbons (Fsp3) is 0.522. The Labute approximate surface area is 176 Å². The van der Waals surface area contributed by atoms with Gasteiger partial charge in [0.2, 0.25) is 5.91 Å². The van der Waals surface area contributed by atoms with Crippen molar-refractivity contribution in [1.29, 1.82) is 0 Å². The summed E-state index contributed by atoms with van der Waals surface area (Å²) in [5, 5.41) is 6.85. The van der Waals surface area contributed by atoms with Gasteiger partial charge in [0, 0.05) is 29.7 Å². The number of carbonyl (C=O) groups is 3. The molecule has 1 aliphatic carbocycles. The Morgan fingerprint density at radius 2 is 1.80 bits per heavy atom. The molecule has 7 nitrogen and oxygen atoms in total. The number of H-pyrrole nitrogens is 1. The van der Waals surface area contributed by atoms with E-state index in [4.69, 9.17) is 0 Å².